The molecule has 0 spiro atoms. The molecule has 0 fully saturated rings. The Hall–Kier alpha value is -1.09. The van der Waals surface area contributed by atoms with Gasteiger partial charge < -0.3 is 5.32 Å². The fourth-order valence-corrected chi connectivity index (χ4v) is 3.47. The highest BCUT2D eigenvalue weighted by atomic mass is 32.2. The molecule has 0 saturated heterocycles. The van der Waals surface area contributed by atoms with E-state index < -0.39 is 10.0 Å². The average molecular weight is 286 g/mol. The number of likely N-dealkylation sites (N-methyl/N-ethyl adjacent to an activating group) is 2. The number of hydrogen-bond acceptors (Lipinski definition) is 6. The van der Waals surface area contributed by atoms with E-state index in [1.165, 1.54) is 4.31 Å². The summed E-state index contributed by atoms with van der Waals surface area (Å²) < 4.78 is 34.2. The van der Waals surface area contributed by atoms with Gasteiger partial charge in [0, 0.05) is 20.1 Å². The van der Waals surface area contributed by atoms with E-state index in [9.17, 15) is 8.42 Å². The molecule has 2 aromatic rings. The van der Waals surface area contributed by atoms with Crippen molar-refractivity contribution < 1.29 is 8.42 Å². The SMILES string of the molecule is CNCCN(C)S(=O)(=O)c1cccc2nsnc12. The zero-order valence-corrected chi connectivity index (χ0v) is 11.8. The topological polar surface area (TPSA) is 75.2 Å². The van der Waals surface area contributed by atoms with Gasteiger partial charge in [-0.15, -0.1) is 0 Å². The molecular formula is C10H14N4O2S2. The van der Waals surface area contributed by atoms with Crippen molar-refractivity contribution in [3.8, 4) is 0 Å². The van der Waals surface area contributed by atoms with Gasteiger partial charge in [0.05, 0.1) is 11.7 Å². The Morgan fingerprint density at radius 1 is 1.39 bits per heavy atom. The van der Waals surface area contributed by atoms with Crippen LogP contribution in [0.25, 0.3) is 11.0 Å². The number of sulfonamides is 1. The molecule has 1 aromatic carbocycles. The largest absolute Gasteiger partial charge is 0.318 e. The molecule has 1 heterocycles. The Bertz CT molecular complexity index is 638. The van der Waals surface area contributed by atoms with E-state index in [1.807, 2.05) is 0 Å². The van der Waals surface area contributed by atoms with Crippen LogP contribution in [0.5, 0.6) is 0 Å². The monoisotopic (exact) mass is 286 g/mol. The van der Waals surface area contributed by atoms with Gasteiger partial charge in [0.15, 0.2) is 0 Å². The summed E-state index contributed by atoms with van der Waals surface area (Å²) in [5.74, 6) is 0. The molecule has 0 unspecified atom stereocenters. The minimum absolute atomic E-state index is 0.215. The first-order valence-electron chi connectivity index (χ1n) is 5.39. The van der Waals surface area contributed by atoms with Crippen LogP contribution in [0.2, 0.25) is 0 Å². The minimum atomic E-state index is -3.51. The molecule has 0 radical (unpaired) electrons. The summed E-state index contributed by atoms with van der Waals surface area (Å²) in [6.45, 7) is 1.01. The maximum atomic E-state index is 12.4. The first kappa shape index (κ1) is 13.3. The molecule has 8 heteroatoms. The van der Waals surface area contributed by atoms with Crippen LogP contribution in [0, 0.1) is 0 Å². The fraction of sp³-hybridized carbons (Fsp3) is 0.400. The van der Waals surface area contributed by atoms with Crippen LogP contribution in [0.4, 0.5) is 0 Å². The number of nitrogens with one attached hydrogen (secondary N) is 1. The van der Waals surface area contributed by atoms with E-state index >= 15 is 0 Å². The van der Waals surface area contributed by atoms with Crippen LogP contribution in [0.3, 0.4) is 0 Å². The quantitative estimate of drug-likeness (QED) is 0.868. The lowest BCUT2D eigenvalue weighted by atomic mass is 10.3. The van der Waals surface area contributed by atoms with Gasteiger partial charge in [0.25, 0.3) is 0 Å². The summed E-state index contributed by atoms with van der Waals surface area (Å²) in [6.07, 6.45) is 0. The molecule has 98 valence electrons. The van der Waals surface area contributed by atoms with Gasteiger partial charge in [0.2, 0.25) is 10.0 Å². The Morgan fingerprint density at radius 3 is 2.89 bits per heavy atom. The van der Waals surface area contributed by atoms with Crippen LogP contribution < -0.4 is 5.32 Å². The molecule has 1 N–H and O–H groups in total. The van der Waals surface area contributed by atoms with Crippen molar-refractivity contribution in [2.75, 3.05) is 27.2 Å². The van der Waals surface area contributed by atoms with Gasteiger partial charge in [-0.2, -0.15) is 13.1 Å². The second kappa shape index (κ2) is 5.27. The Labute approximate surface area is 110 Å². The van der Waals surface area contributed by atoms with Crippen molar-refractivity contribution >= 4 is 32.8 Å². The first-order chi connectivity index (χ1) is 8.57. The van der Waals surface area contributed by atoms with Gasteiger partial charge >= 0.3 is 0 Å². The summed E-state index contributed by atoms with van der Waals surface area (Å²) in [5.41, 5.74) is 1.06. The lowest BCUT2D eigenvalue weighted by Gasteiger charge is -2.16. The van der Waals surface area contributed by atoms with E-state index in [2.05, 4.69) is 14.1 Å². The highest BCUT2D eigenvalue weighted by Gasteiger charge is 2.23. The van der Waals surface area contributed by atoms with E-state index in [4.69, 9.17) is 0 Å². The zero-order chi connectivity index (χ0) is 13.2. The predicted molar refractivity (Wildman–Crippen MR) is 71.2 cm³/mol. The van der Waals surface area contributed by atoms with Gasteiger partial charge in [-0.25, -0.2) is 8.42 Å². The summed E-state index contributed by atoms with van der Waals surface area (Å²) in [6, 6.07) is 5.00. The van der Waals surface area contributed by atoms with Gasteiger partial charge in [-0.3, -0.25) is 0 Å². The summed E-state index contributed by atoms with van der Waals surface area (Å²) in [4.78, 5) is 0.215. The normalized spacial score (nSPS) is 12.4. The molecule has 1 aromatic heterocycles. The van der Waals surface area contributed by atoms with Crippen molar-refractivity contribution in [3.05, 3.63) is 18.2 Å². The molecule has 0 amide bonds. The maximum absolute atomic E-state index is 12.4. The van der Waals surface area contributed by atoms with Crippen LogP contribution >= 0.6 is 11.7 Å². The van der Waals surface area contributed by atoms with Crippen LogP contribution in [0.1, 0.15) is 0 Å². The molecular weight excluding hydrogens is 272 g/mol. The van der Waals surface area contributed by atoms with E-state index in [0.717, 1.165) is 11.7 Å². The van der Waals surface area contributed by atoms with Crippen LogP contribution in [0.15, 0.2) is 23.1 Å². The number of benzene rings is 1. The third-order valence-corrected chi connectivity index (χ3v) is 5.04. The Balaban J connectivity index is 2.43. The maximum Gasteiger partial charge on any atom is 0.245 e. The third kappa shape index (κ3) is 2.37. The van der Waals surface area contributed by atoms with Crippen molar-refractivity contribution in [2.45, 2.75) is 4.90 Å². The standard InChI is InChI=1S/C10H14N4O2S2/c1-11-6-7-14(2)18(15,16)9-5-3-4-8-10(9)13-17-12-8/h3-5,11H,6-7H2,1-2H3. The molecule has 0 bridgehead atoms. The van der Waals surface area contributed by atoms with E-state index in [1.54, 1.807) is 32.3 Å². The lowest BCUT2D eigenvalue weighted by Crippen LogP contribution is -2.32. The number of nitrogens with zero attached hydrogens (tertiary/aromatic N) is 3. The lowest BCUT2D eigenvalue weighted by molar-refractivity contribution is 0.466. The molecule has 6 nitrogen and oxygen atoms in total. The molecule has 0 aliphatic carbocycles. The van der Waals surface area contributed by atoms with Gasteiger partial charge in [0.1, 0.15) is 15.9 Å². The molecule has 0 saturated carbocycles. The van der Waals surface area contributed by atoms with Crippen molar-refractivity contribution in [1.82, 2.24) is 18.4 Å². The van der Waals surface area contributed by atoms with Crippen LogP contribution in [-0.2, 0) is 10.0 Å². The Morgan fingerprint density at radius 2 is 2.17 bits per heavy atom. The van der Waals surface area contributed by atoms with Crippen molar-refractivity contribution in [3.63, 3.8) is 0 Å². The number of rotatable bonds is 5. The molecule has 2 rings (SSSR count). The molecule has 18 heavy (non-hydrogen) atoms. The number of hydrogen-bond donors (Lipinski definition) is 1. The molecule has 0 aliphatic rings. The smallest absolute Gasteiger partial charge is 0.245 e. The van der Waals surface area contributed by atoms with Gasteiger partial charge in [-0.05, 0) is 19.2 Å². The van der Waals surface area contributed by atoms with E-state index in [-0.39, 0.29) is 4.90 Å². The second-order valence-electron chi connectivity index (χ2n) is 3.82. The highest BCUT2D eigenvalue weighted by molar-refractivity contribution is 7.89. The third-order valence-electron chi connectivity index (χ3n) is 2.61. The highest BCUT2D eigenvalue weighted by Crippen LogP contribution is 2.23. The van der Waals surface area contributed by atoms with Gasteiger partial charge in [-0.1, -0.05) is 6.07 Å². The average Bonchev–Trinajstić information content (AvgIpc) is 2.83. The minimum Gasteiger partial charge on any atom is -0.318 e. The van der Waals surface area contributed by atoms with E-state index in [0.29, 0.717) is 24.1 Å². The summed E-state index contributed by atoms with van der Waals surface area (Å²) in [7, 11) is -0.166. The Kier molecular flexibility index (Phi) is 3.91. The summed E-state index contributed by atoms with van der Waals surface area (Å²) in [5, 5.41) is 2.92. The fourth-order valence-electron chi connectivity index (χ4n) is 1.55. The number of aromatic nitrogens is 2. The second-order valence-corrected chi connectivity index (χ2v) is 6.36. The summed E-state index contributed by atoms with van der Waals surface area (Å²) >= 11 is 1.02. The first-order valence-corrected chi connectivity index (χ1v) is 7.56. The molecule has 0 aliphatic heterocycles. The van der Waals surface area contributed by atoms with Crippen molar-refractivity contribution in [1.29, 1.82) is 0 Å². The predicted octanol–water partition coefficient (Wildman–Crippen LogP) is 0.531. The van der Waals surface area contributed by atoms with Crippen LogP contribution in [-0.4, -0.2) is 48.7 Å². The zero-order valence-electron chi connectivity index (χ0n) is 10.1. The molecule has 0 atom stereocenters. The van der Waals surface area contributed by atoms with Crippen molar-refractivity contribution in [2.24, 2.45) is 0 Å². The number of fused-ring (bicyclic) bond motifs is 1.